The van der Waals surface area contributed by atoms with Crippen LogP contribution in [0.2, 0.25) is 0 Å². The maximum atomic E-state index is 10.9. The van der Waals surface area contributed by atoms with Crippen molar-refractivity contribution >= 4 is 5.69 Å². The molecule has 1 aromatic carbocycles. The van der Waals surface area contributed by atoms with Gasteiger partial charge < -0.3 is 5.73 Å². The number of hydrogen-bond acceptors (Lipinski definition) is 3. The minimum Gasteiger partial charge on any atom is -0.324 e. The molecule has 2 saturated carbocycles. The number of nitro benzene ring substituents is 1. The van der Waals surface area contributed by atoms with E-state index in [0.29, 0.717) is 0 Å². The third kappa shape index (κ3) is 1.40. The van der Waals surface area contributed by atoms with E-state index in [2.05, 4.69) is 0 Å². The highest BCUT2D eigenvalue weighted by atomic mass is 16.6. The second-order valence-electron chi connectivity index (χ2n) is 5.49. The molecule has 2 N–H and O–H groups in total. The van der Waals surface area contributed by atoms with Crippen molar-refractivity contribution in [1.82, 2.24) is 0 Å². The molecule has 0 aliphatic heterocycles. The number of aryl methyl sites for hydroxylation is 1. The van der Waals surface area contributed by atoms with Crippen molar-refractivity contribution in [1.29, 1.82) is 0 Å². The molecular weight excluding hydrogens is 216 g/mol. The van der Waals surface area contributed by atoms with Crippen molar-refractivity contribution in [2.24, 2.45) is 5.73 Å². The Morgan fingerprint density at radius 1 is 1.29 bits per heavy atom. The first kappa shape index (κ1) is 10.7. The fourth-order valence-electron chi connectivity index (χ4n) is 3.01. The minimum absolute atomic E-state index is 0.0309. The molecule has 17 heavy (non-hydrogen) atoms. The standard InChI is InChI=1S/C13H16N2O2/c1-9-2-3-10(15(16)17)8-11(9)12(4-5-12)13(14)6-7-13/h2-3,8H,4-7,14H2,1H3. The van der Waals surface area contributed by atoms with Gasteiger partial charge in [-0.1, -0.05) is 6.07 Å². The molecular formula is C13H16N2O2. The predicted molar refractivity (Wildman–Crippen MR) is 64.9 cm³/mol. The van der Waals surface area contributed by atoms with Crippen molar-refractivity contribution in [3.8, 4) is 0 Å². The van der Waals surface area contributed by atoms with Gasteiger partial charge in [0, 0.05) is 23.1 Å². The summed E-state index contributed by atoms with van der Waals surface area (Å²) in [6.45, 7) is 2.02. The van der Waals surface area contributed by atoms with E-state index in [-0.39, 0.29) is 21.6 Å². The van der Waals surface area contributed by atoms with Crippen LogP contribution in [0.1, 0.15) is 36.8 Å². The fraction of sp³-hybridized carbons (Fsp3) is 0.538. The summed E-state index contributed by atoms with van der Waals surface area (Å²) in [4.78, 5) is 10.5. The molecule has 4 nitrogen and oxygen atoms in total. The Morgan fingerprint density at radius 2 is 1.94 bits per heavy atom. The van der Waals surface area contributed by atoms with Gasteiger partial charge in [-0.15, -0.1) is 0 Å². The summed E-state index contributed by atoms with van der Waals surface area (Å²) in [6.07, 6.45) is 4.25. The summed E-state index contributed by atoms with van der Waals surface area (Å²) in [5.41, 5.74) is 8.70. The molecule has 0 atom stereocenters. The van der Waals surface area contributed by atoms with Crippen LogP contribution in [0.3, 0.4) is 0 Å². The van der Waals surface area contributed by atoms with Crippen LogP contribution in [-0.4, -0.2) is 10.5 Å². The van der Waals surface area contributed by atoms with Gasteiger partial charge in [-0.25, -0.2) is 0 Å². The number of nitrogens with zero attached hydrogens (tertiary/aromatic N) is 1. The van der Waals surface area contributed by atoms with Gasteiger partial charge >= 0.3 is 0 Å². The smallest absolute Gasteiger partial charge is 0.269 e. The summed E-state index contributed by atoms with van der Waals surface area (Å²) in [6, 6.07) is 5.15. The lowest BCUT2D eigenvalue weighted by atomic mass is 9.83. The van der Waals surface area contributed by atoms with Crippen LogP contribution >= 0.6 is 0 Å². The third-order valence-corrected chi connectivity index (χ3v) is 4.44. The Morgan fingerprint density at radius 3 is 2.41 bits per heavy atom. The average Bonchev–Trinajstić information content (AvgIpc) is 3.14. The molecule has 0 saturated heterocycles. The van der Waals surface area contributed by atoms with Crippen molar-refractivity contribution in [2.45, 2.75) is 43.6 Å². The molecule has 2 fully saturated rings. The van der Waals surface area contributed by atoms with Crippen LogP contribution in [0, 0.1) is 17.0 Å². The van der Waals surface area contributed by atoms with Crippen LogP contribution in [0.5, 0.6) is 0 Å². The van der Waals surface area contributed by atoms with Crippen molar-refractivity contribution in [2.75, 3.05) is 0 Å². The molecule has 0 radical (unpaired) electrons. The van der Waals surface area contributed by atoms with Gasteiger partial charge in [0.15, 0.2) is 0 Å². The summed E-state index contributed by atoms with van der Waals surface area (Å²) >= 11 is 0. The molecule has 4 heteroatoms. The molecule has 2 aliphatic rings. The zero-order valence-corrected chi connectivity index (χ0v) is 9.90. The zero-order valence-electron chi connectivity index (χ0n) is 9.90. The SMILES string of the molecule is Cc1ccc([N+](=O)[O-])cc1C1(C2(N)CC2)CC1. The second-order valence-corrected chi connectivity index (χ2v) is 5.49. The Balaban J connectivity index is 2.08. The molecule has 0 heterocycles. The van der Waals surface area contributed by atoms with Gasteiger partial charge in [-0.2, -0.15) is 0 Å². The van der Waals surface area contributed by atoms with Crippen LogP contribution < -0.4 is 5.73 Å². The minimum atomic E-state index is -0.324. The van der Waals surface area contributed by atoms with E-state index in [4.69, 9.17) is 5.73 Å². The normalized spacial score (nSPS) is 23.2. The molecule has 1 aromatic rings. The summed E-state index contributed by atoms with van der Waals surface area (Å²) in [5, 5.41) is 10.9. The van der Waals surface area contributed by atoms with E-state index in [9.17, 15) is 10.1 Å². The summed E-state index contributed by atoms with van der Waals surface area (Å²) in [7, 11) is 0. The van der Waals surface area contributed by atoms with Gasteiger partial charge in [0.2, 0.25) is 0 Å². The van der Waals surface area contributed by atoms with Gasteiger partial charge in [0.05, 0.1) is 4.92 Å². The maximum absolute atomic E-state index is 10.9. The lowest BCUT2D eigenvalue weighted by molar-refractivity contribution is -0.385. The molecule has 0 spiro atoms. The molecule has 0 aromatic heterocycles. The zero-order chi connectivity index (χ0) is 12.3. The lowest BCUT2D eigenvalue weighted by Gasteiger charge is -2.24. The van der Waals surface area contributed by atoms with Crippen molar-refractivity contribution in [3.05, 3.63) is 39.4 Å². The fourth-order valence-corrected chi connectivity index (χ4v) is 3.01. The lowest BCUT2D eigenvalue weighted by Crippen LogP contribution is -2.37. The van der Waals surface area contributed by atoms with Crippen LogP contribution in [0.4, 0.5) is 5.69 Å². The monoisotopic (exact) mass is 232 g/mol. The maximum Gasteiger partial charge on any atom is 0.269 e. The van der Waals surface area contributed by atoms with E-state index in [0.717, 1.165) is 36.8 Å². The third-order valence-electron chi connectivity index (χ3n) is 4.44. The van der Waals surface area contributed by atoms with Crippen molar-refractivity contribution in [3.63, 3.8) is 0 Å². The number of benzene rings is 1. The Kier molecular flexibility index (Phi) is 1.94. The number of non-ortho nitro benzene ring substituents is 1. The Bertz CT molecular complexity index is 502. The molecule has 0 unspecified atom stereocenters. The first-order valence-corrected chi connectivity index (χ1v) is 6.03. The average molecular weight is 232 g/mol. The highest BCUT2D eigenvalue weighted by Gasteiger charge is 2.64. The number of nitro groups is 1. The van der Waals surface area contributed by atoms with Crippen LogP contribution in [0.25, 0.3) is 0 Å². The van der Waals surface area contributed by atoms with Crippen LogP contribution in [-0.2, 0) is 5.41 Å². The van der Waals surface area contributed by atoms with Crippen molar-refractivity contribution < 1.29 is 4.92 Å². The Labute approximate surface area is 100.0 Å². The number of hydrogen-bond donors (Lipinski definition) is 1. The van der Waals surface area contributed by atoms with Crippen LogP contribution in [0.15, 0.2) is 18.2 Å². The van der Waals surface area contributed by atoms with Gasteiger partial charge in [0.1, 0.15) is 0 Å². The number of rotatable bonds is 3. The molecule has 0 bridgehead atoms. The van der Waals surface area contributed by atoms with Gasteiger partial charge in [-0.05, 0) is 43.7 Å². The predicted octanol–water partition coefficient (Wildman–Crippen LogP) is 2.43. The second kappa shape index (κ2) is 3.07. The molecule has 0 amide bonds. The highest BCUT2D eigenvalue weighted by molar-refractivity contribution is 5.50. The number of nitrogens with two attached hydrogens (primary N) is 1. The highest BCUT2D eigenvalue weighted by Crippen LogP contribution is 2.64. The first-order chi connectivity index (χ1) is 7.98. The van der Waals surface area contributed by atoms with E-state index in [1.807, 2.05) is 13.0 Å². The van der Waals surface area contributed by atoms with Gasteiger partial charge in [-0.3, -0.25) is 10.1 Å². The van der Waals surface area contributed by atoms with E-state index in [1.165, 1.54) is 0 Å². The van der Waals surface area contributed by atoms with Gasteiger partial charge in [0.25, 0.3) is 5.69 Å². The summed E-state index contributed by atoms with van der Waals surface area (Å²) in [5.74, 6) is 0. The Hall–Kier alpha value is -1.42. The van der Waals surface area contributed by atoms with E-state index in [1.54, 1.807) is 12.1 Å². The largest absolute Gasteiger partial charge is 0.324 e. The molecule has 2 aliphatic carbocycles. The summed E-state index contributed by atoms with van der Waals surface area (Å²) < 4.78 is 0. The quantitative estimate of drug-likeness (QED) is 0.642. The first-order valence-electron chi connectivity index (χ1n) is 6.03. The molecule has 90 valence electrons. The molecule has 3 rings (SSSR count). The van der Waals surface area contributed by atoms with E-state index < -0.39 is 0 Å². The van der Waals surface area contributed by atoms with E-state index >= 15 is 0 Å². The topological polar surface area (TPSA) is 69.2 Å².